The third-order valence-electron chi connectivity index (χ3n) is 14.3. The molecule has 0 aliphatic heterocycles. The molecule has 0 aromatic rings. The summed E-state index contributed by atoms with van der Waals surface area (Å²) < 4.78 is 16.9. The summed E-state index contributed by atoms with van der Waals surface area (Å²) >= 11 is 0. The zero-order valence-electron chi connectivity index (χ0n) is 53.9. The molecule has 0 aliphatic carbocycles. The van der Waals surface area contributed by atoms with Gasteiger partial charge < -0.3 is 14.2 Å². The molecule has 0 radical (unpaired) electrons. The first-order valence-electron chi connectivity index (χ1n) is 34.3. The van der Waals surface area contributed by atoms with Crippen molar-refractivity contribution in [3.8, 4) is 0 Å². The maximum absolute atomic E-state index is 12.9. The van der Waals surface area contributed by atoms with Crippen molar-refractivity contribution in [2.24, 2.45) is 0 Å². The number of esters is 3. The molecule has 6 heteroatoms. The Bertz CT molecular complexity index is 1800. The number of carbonyl (C=O) groups excluding carboxylic acids is 3. The maximum atomic E-state index is 12.9. The van der Waals surface area contributed by atoms with Gasteiger partial charge in [-0.15, -0.1) is 0 Å². The second-order valence-corrected chi connectivity index (χ2v) is 22.3. The third-order valence-corrected chi connectivity index (χ3v) is 14.3. The van der Waals surface area contributed by atoms with Gasteiger partial charge >= 0.3 is 17.9 Å². The van der Waals surface area contributed by atoms with Gasteiger partial charge in [0.2, 0.25) is 0 Å². The zero-order valence-corrected chi connectivity index (χ0v) is 53.9. The molecule has 0 saturated heterocycles. The van der Waals surface area contributed by atoms with E-state index in [-0.39, 0.29) is 31.1 Å². The van der Waals surface area contributed by atoms with Crippen molar-refractivity contribution in [3.05, 3.63) is 146 Å². The largest absolute Gasteiger partial charge is 0.462 e. The molecule has 1 atom stereocenters. The van der Waals surface area contributed by atoms with Crippen LogP contribution in [0.3, 0.4) is 0 Å². The minimum Gasteiger partial charge on any atom is -0.462 e. The summed E-state index contributed by atoms with van der Waals surface area (Å²) in [4.78, 5) is 38.4. The fraction of sp³-hybridized carbons (Fsp3) is 0.649. The predicted molar refractivity (Wildman–Crippen MR) is 362 cm³/mol. The molecule has 0 amide bonds. The average molecular weight is 1150 g/mol. The highest BCUT2D eigenvalue weighted by Gasteiger charge is 2.19. The second kappa shape index (κ2) is 69.8. The van der Waals surface area contributed by atoms with Crippen LogP contribution in [0, 0.1) is 0 Å². The molecule has 1 unspecified atom stereocenters. The molecule has 0 saturated carbocycles. The fourth-order valence-electron chi connectivity index (χ4n) is 9.23. The zero-order chi connectivity index (χ0) is 59.9. The average Bonchev–Trinajstić information content (AvgIpc) is 3.49. The van der Waals surface area contributed by atoms with Crippen LogP contribution in [-0.4, -0.2) is 37.2 Å². The lowest BCUT2D eigenvalue weighted by Gasteiger charge is -2.18. The third kappa shape index (κ3) is 68.0. The van der Waals surface area contributed by atoms with Crippen LogP contribution in [0.25, 0.3) is 0 Å². The molecular weight excluding hydrogens is 1020 g/mol. The highest BCUT2D eigenvalue weighted by atomic mass is 16.6. The van der Waals surface area contributed by atoms with Crippen LogP contribution in [0.5, 0.6) is 0 Å². The van der Waals surface area contributed by atoms with E-state index in [0.29, 0.717) is 19.3 Å². The molecule has 0 spiro atoms. The van der Waals surface area contributed by atoms with Gasteiger partial charge in [0.1, 0.15) is 13.2 Å². The van der Waals surface area contributed by atoms with Crippen LogP contribution >= 0.6 is 0 Å². The van der Waals surface area contributed by atoms with Crippen LogP contribution in [0.2, 0.25) is 0 Å². The number of ether oxygens (including phenoxy) is 3. The van der Waals surface area contributed by atoms with Crippen molar-refractivity contribution in [3.63, 3.8) is 0 Å². The van der Waals surface area contributed by atoms with Gasteiger partial charge in [-0.05, 0) is 141 Å². The first-order chi connectivity index (χ1) is 41.0. The van der Waals surface area contributed by atoms with E-state index in [1.54, 1.807) is 0 Å². The normalized spacial score (nSPS) is 13.0. The van der Waals surface area contributed by atoms with E-state index < -0.39 is 6.10 Å². The first-order valence-corrected chi connectivity index (χ1v) is 34.3. The Kier molecular flexibility index (Phi) is 65.8. The van der Waals surface area contributed by atoms with E-state index >= 15 is 0 Å². The Hall–Kier alpha value is -4.71. The highest BCUT2D eigenvalue weighted by Crippen LogP contribution is 2.16. The van der Waals surface area contributed by atoms with Crippen molar-refractivity contribution in [2.45, 2.75) is 309 Å². The molecule has 0 N–H and O–H groups in total. The SMILES string of the molecule is CC/C=C\C/C=C\C/C=C\C/C=C\C/C=C\C/C=C\CCCCCCCCC(=O)OC(COC(=O)CCCCCCC/C=C\CCCCCC)COC(=O)CCCCCCCCCCCCC/C=C\C/C=C\C/C=C\C/C=C\C/C=C\CC. The summed E-state index contributed by atoms with van der Waals surface area (Å²) in [5, 5.41) is 0. The smallest absolute Gasteiger partial charge is 0.306 e. The standard InChI is InChI=1S/C77H126O6/c1-4-7-10-13-16-19-22-25-27-29-31-33-35-37-38-40-41-43-45-47-49-52-55-58-61-64-67-70-76(79)82-73-74(72-81-75(78)69-66-63-60-57-54-51-24-21-18-15-12-9-6-3)83-77(80)71-68-65-62-59-56-53-50-48-46-44-42-39-36-34-32-30-28-26-23-20-17-14-11-8-5-2/h7-8,10-11,16-17,19-21,24-28,31-34,37-39,42,46,48,74H,4-6,9,12-15,18,22-23,29-30,35-36,40-41,43-45,47,49-73H2,1-3H3/b10-7-,11-8-,19-16-,20-17-,24-21-,27-25-,28-26-,33-31-,34-32-,38-37-,42-39-,48-46-. The molecule has 83 heavy (non-hydrogen) atoms. The number of carbonyl (C=O) groups is 3. The van der Waals surface area contributed by atoms with Gasteiger partial charge in [-0.1, -0.05) is 289 Å². The number of hydrogen-bond acceptors (Lipinski definition) is 6. The van der Waals surface area contributed by atoms with Gasteiger partial charge in [0.05, 0.1) is 0 Å². The minimum atomic E-state index is -0.798. The Morgan fingerprint density at radius 1 is 0.253 bits per heavy atom. The summed E-state index contributed by atoms with van der Waals surface area (Å²) in [6.07, 6.45) is 100.0. The lowest BCUT2D eigenvalue weighted by atomic mass is 10.0. The molecule has 0 fully saturated rings. The molecule has 0 aliphatic rings. The summed E-state index contributed by atoms with van der Waals surface area (Å²) in [7, 11) is 0. The van der Waals surface area contributed by atoms with Gasteiger partial charge in [-0.3, -0.25) is 14.4 Å². The van der Waals surface area contributed by atoms with Gasteiger partial charge in [0.25, 0.3) is 0 Å². The lowest BCUT2D eigenvalue weighted by Crippen LogP contribution is -2.30. The van der Waals surface area contributed by atoms with E-state index in [9.17, 15) is 14.4 Å². The maximum Gasteiger partial charge on any atom is 0.306 e. The van der Waals surface area contributed by atoms with Gasteiger partial charge in [-0.2, -0.15) is 0 Å². The van der Waals surface area contributed by atoms with E-state index in [1.165, 1.54) is 116 Å². The van der Waals surface area contributed by atoms with Crippen LogP contribution in [0.1, 0.15) is 303 Å². The Morgan fingerprint density at radius 2 is 0.470 bits per heavy atom. The monoisotopic (exact) mass is 1150 g/mol. The van der Waals surface area contributed by atoms with Crippen LogP contribution < -0.4 is 0 Å². The molecule has 6 nitrogen and oxygen atoms in total. The number of unbranched alkanes of at least 4 members (excludes halogenated alkanes) is 26. The minimum absolute atomic E-state index is 0.0921. The van der Waals surface area contributed by atoms with Crippen molar-refractivity contribution in [2.75, 3.05) is 13.2 Å². The summed E-state index contributed by atoms with van der Waals surface area (Å²) in [5.41, 5.74) is 0. The molecular formula is C77H126O6. The Balaban J connectivity index is 4.37. The summed E-state index contributed by atoms with van der Waals surface area (Å²) in [6.45, 7) is 6.39. The van der Waals surface area contributed by atoms with Gasteiger partial charge in [0.15, 0.2) is 6.10 Å². The molecule has 0 aromatic heterocycles. The van der Waals surface area contributed by atoms with Crippen molar-refractivity contribution in [1.82, 2.24) is 0 Å². The van der Waals surface area contributed by atoms with E-state index in [0.717, 1.165) is 148 Å². The van der Waals surface area contributed by atoms with Crippen molar-refractivity contribution < 1.29 is 28.6 Å². The number of rotatable bonds is 61. The Morgan fingerprint density at radius 3 is 0.747 bits per heavy atom. The van der Waals surface area contributed by atoms with Crippen LogP contribution in [0.15, 0.2) is 146 Å². The lowest BCUT2D eigenvalue weighted by molar-refractivity contribution is -0.167. The summed E-state index contributed by atoms with van der Waals surface area (Å²) in [6, 6.07) is 0. The topological polar surface area (TPSA) is 78.9 Å². The van der Waals surface area contributed by atoms with E-state index in [1.807, 2.05) is 0 Å². The van der Waals surface area contributed by atoms with Crippen LogP contribution in [-0.2, 0) is 28.6 Å². The quantitative estimate of drug-likeness (QED) is 0.0261. The van der Waals surface area contributed by atoms with E-state index in [2.05, 4.69) is 167 Å². The Labute approximate surface area is 512 Å². The van der Waals surface area contributed by atoms with Gasteiger partial charge in [-0.25, -0.2) is 0 Å². The van der Waals surface area contributed by atoms with Crippen molar-refractivity contribution >= 4 is 17.9 Å². The first kappa shape index (κ1) is 78.3. The van der Waals surface area contributed by atoms with Crippen LogP contribution in [0.4, 0.5) is 0 Å². The molecule has 0 heterocycles. The number of allylic oxidation sites excluding steroid dienone is 24. The molecule has 0 aromatic carbocycles. The fourth-order valence-corrected chi connectivity index (χ4v) is 9.23. The van der Waals surface area contributed by atoms with E-state index in [4.69, 9.17) is 14.2 Å². The van der Waals surface area contributed by atoms with Crippen molar-refractivity contribution in [1.29, 1.82) is 0 Å². The second-order valence-electron chi connectivity index (χ2n) is 22.3. The summed E-state index contributed by atoms with van der Waals surface area (Å²) in [5.74, 6) is -0.914. The molecule has 470 valence electrons. The predicted octanol–water partition coefficient (Wildman–Crippen LogP) is 23.9. The van der Waals surface area contributed by atoms with Gasteiger partial charge in [0, 0.05) is 19.3 Å². The highest BCUT2D eigenvalue weighted by molar-refractivity contribution is 5.71. The number of hydrogen-bond donors (Lipinski definition) is 0. The molecule has 0 rings (SSSR count). The molecule has 0 bridgehead atoms.